The predicted molar refractivity (Wildman–Crippen MR) is 107 cm³/mol. The Morgan fingerprint density at radius 2 is 1.48 bits per heavy atom. The number of carbonyl (C=O) groups is 1. The number of aromatic nitrogens is 3. The minimum atomic E-state index is -0.432. The van der Waals surface area contributed by atoms with Crippen LogP contribution in [0, 0.1) is 0 Å². The van der Waals surface area contributed by atoms with E-state index in [4.69, 9.17) is 0 Å². The average Bonchev–Trinajstić information content (AvgIpc) is 3.15. The fourth-order valence-electron chi connectivity index (χ4n) is 3.47. The third-order valence-electron chi connectivity index (χ3n) is 4.77. The van der Waals surface area contributed by atoms with Gasteiger partial charge in [-0.1, -0.05) is 53.4 Å². The van der Waals surface area contributed by atoms with Crippen molar-refractivity contribution in [3.8, 4) is 0 Å². The van der Waals surface area contributed by atoms with Gasteiger partial charge in [-0.05, 0) is 43.3 Å². The molecule has 0 spiro atoms. The highest BCUT2D eigenvalue weighted by Crippen LogP contribution is 2.48. The molecule has 1 aliphatic rings. The highest BCUT2D eigenvalue weighted by atomic mass is 32.2. The zero-order chi connectivity index (χ0) is 18.4. The number of hydrogen-bond acceptors (Lipinski definition) is 5. The lowest BCUT2D eigenvalue weighted by Crippen LogP contribution is -2.40. The smallest absolute Gasteiger partial charge is 0.271 e. The number of anilines is 2. The molecule has 0 amide bonds. The molecular formula is C21H16N4OS. The van der Waals surface area contributed by atoms with Gasteiger partial charge in [-0.25, -0.2) is 0 Å². The molecule has 1 aromatic heterocycles. The Morgan fingerprint density at radius 3 is 2.19 bits per heavy atom. The highest BCUT2D eigenvalue weighted by molar-refractivity contribution is 7.99. The van der Waals surface area contributed by atoms with Crippen LogP contribution in [-0.4, -0.2) is 26.9 Å². The molecule has 0 N–H and O–H groups in total. The Hall–Kier alpha value is -3.12. The van der Waals surface area contributed by atoms with Crippen LogP contribution < -0.4 is 4.90 Å². The number of fused-ring (bicyclic) bond motifs is 3. The second-order valence-electron chi connectivity index (χ2n) is 6.41. The first-order valence-corrected chi connectivity index (χ1v) is 9.55. The molecule has 5 nitrogen and oxygen atoms in total. The number of carbonyl (C=O) groups excluding carboxylic acids is 1. The van der Waals surface area contributed by atoms with Gasteiger partial charge in [0.05, 0.1) is 16.9 Å². The zero-order valence-electron chi connectivity index (χ0n) is 14.6. The summed E-state index contributed by atoms with van der Waals surface area (Å²) in [4.78, 5) is 17.7. The van der Waals surface area contributed by atoms with Crippen molar-refractivity contribution >= 4 is 40.1 Å². The Balaban J connectivity index is 1.63. The lowest BCUT2D eigenvalue weighted by molar-refractivity contribution is 0.0873. The molecule has 5 rings (SSSR count). The summed E-state index contributed by atoms with van der Waals surface area (Å²) < 4.78 is 1.41. The molecule has 1 atom stereocenters. The van der Waals surface area contributed by atoms with Crippen LogP contribution in [0.2, 0.25) is 0 Å². The molecule has 0 saturated carbocycles. The van der Waals surface area contributed by atoms with E-state index in [2.05, 4.69) is 39.5 Å². The molecule has 0 bridgehead atoms. The summed E-state index contributed by atoms with van der Waals surface area (Å²) in [5, 5.41) is 8.23. The third kappa shape index (κ3) is 2.52. The number of para-hydroxylation sites is 3. The van der Waals surface area contributed by atoms with Crippen molar-refractivity contribution in [2.75, 3.05) is 4.90 Å². The molecule has 0 radical (unpaired) electrons. The van der Waals surface area contributed by atoms with Crippen LogP contribution in [0.5, 0.6) is 0 Å². The van der Waals surface area contributed by atoms with Gasteiger partial charge in [0.2, 0.25) is 0 Å². The van der Waals surface area contributed by atoms with E-state index < -0.39 is 6.04 Å². The van der Waals surface area contributed by atoms with Crippen molar-refractivity contribution < 1.29 is 4.79 Å². The molecule has 1 unspecified atom stereocenters. The minimum Gasteiger partial charge on any atom is -0.327 e. The summed E-state index contributed by atoms with van der Waals surface area (Å²) in [6, 6.07) is 23.4. The van der Waals surface area contributed by atoms with Crippen LogP contribution in [0.15, 0.2) is 82.6 Å². The van der Waals surface area contributed by atoms with Crippen LogP contribution >= 0.6 is 11.8 Å². The normalized spacial score (nSPS) is 13.9. The van der Waals surface area contributed by atoms with E-state index >= 15 is 0 Å². The highest BCUT2D eigenvalue weighted by Gasteiger charge is 2.32. The molecule has 1 aliphatic heterocycles. The topological polar surface area (TPSA) is 51.0 Å². The minimum absolute atomic E-state index is 0.111. The summed E-state index contributed by atoms with van der Waals surface area (Å²) in [6.07, 6.45) is 0. The number of benzene rings is 3. The molecule has 6 heteroatoms. The first kappa shape index (κ1) is 16.1. The van der Waals surface area contributed by atoms with Gasteiger partial charge in [-0.3, -0.25) is 4.79 Å². The quantitative estimate of drug-likeness (QED) is 0.508. The molecule has 4 aromatic rings. The molecule has 27 heavy (non-hydrogen) atoms. The Bertz CT molecular complexity index is 1120. The van der Waals surface area contributed by atoms with Gasteiger partial charge in [0.15, 0.2) is 0 Å². The Labute approximate surface area is 160 Å². The fourth-order valence-corrected chi connectivity index (χ4v) is 4.54. The van der Waals surface area contributed by atoms with Crippen molar-refractivity contribution in [3.63, 3.8) is 0 Å². The van der Waals surface area contributed by atoms with E-state index in [-0.39, 0.29) is 5.91 Å². The molecular weight excluding hydrogens is 356 g/mol. The molecule has 0 aliphatic carbocycles. The van der Waals surface area contributed by atoms with E-state index in [1.165, 1.54) is 4.68 Å². The molecule has 3 aromatic carbocycles. The van der Waals surface area contributed by atoms with Crippen LogP contribution in [0.4, 0.5) is 11.4 Å². The maximum atomic E-state index is 13.4. The average molecular weight is 372 g/mol. The first-order valence-electron chi connectivity index (χ1n) is 8.74. The van der Waals surface area contributed by atoms with Gasteiger partial charge in [-0.15, -0.1) is 5.10 Å². The standard InChI is InChI=1S/C21H16N4OS/c1-14(21(26)25-16-9-3-2-8-15(16)22-23-25)24-17-10-4-6-12-19(17)27-20-13-7-5-11-18(20)24/h2-14H,1H3. The van der Waals surface area contributed by atoms with E-state index in [1.54, 1.807) is 11.8 Å². The van der Waals surface area contributed by atoms with Crippen molar-refractivity contribution in [2.45, 2.75) is 22.8 Å². The van der Waals surface area contributed by atoms with Gasteiger partial charge < -0.3 is 4.90 Å². The summed E-state index contributed by atoms with van der Waals surface area (Å²) >= 11 is 1.73. The van der Waals surface area contributed by atoms with Crippen LogP contribution in [0.1, 0.15) is 11.7 Å². The number of nitrogens with zero attached hydrogens (tertiary/aromatic N) is 4. The van der Waals surface area contributed by atoms with Crippen molar-refractivity contribution in [1.29, 1.82) is 0 Å². The number of hydrogen-bond donors (Lipinski definition) is 0. The Kier molecular flexibility index (Phi) is 3.72. The second kappa shape index (κ2) is 6.25. The lowest BCUT2D eigenvalue weighted by atomic mass is 10.1. The van der Waals surface area contributed by atoms with Gasteiger partial charge in [-0.2, -0.15) is 4.68 Å². The van der Waals surface area contributed by atoms with Crippen LogP contribution in [0.3, 0.4) is 0 Å². The summed E-state index contributed by atoms with van der Waals surface area (Å²) in [5.41, 5.74) is 3.51. The number of rotatable bonds is 2. The third-order valence-corrected chi connectivity index (χ3v) is 5.91. The van der Waals surface area contributed by atoms with E-state index in [9.17, 15) is 4.79 Å². The zero-order valence-corrected chi connectivity index (χ0v) is 15.4. The van der Waals surface area contributed by atoms with Crippen molar-refractivity contribution in [2.24, 2.45) is 0 Å². The van der Waals surface area contributed by atoms with Crippen LogP contribution in [-0.2, 0) is 0 Å². The summed E-state index contributed by atoms with van der Waals surface area (Å²) in [6.45, 7) is 1.92. The summed E-state index contributed by atoms with van der Waals surface area (Å²) in [5.74, 6) is -0.111. The maximum absolute atomic E-state index is 13.4. The van der Waals surface area contributed by atoms with E-state index in [1.807, 2.05) is 55.5 Å². The van der Waals surface area contributed by atoms with Gasteiger partial charge in [0.1, 0.15) is 11.6 Å². The van der Waals surface area contributed by atoms with Crippen molar-refractivity contribution in [3.05, 3.63) is 72.8 Å². The molecule has 0 saturated heterocycles. The van der Waals surface area contributed by atoms with Gasteiger partial charge >= 0.3 is 0 Å². The molecule has 0 fully saturated rings. The first-order chi connectivity index (χ1) is 13.2. The van der Waals surface area contributed by atoms with Crippen LogP contribution in [0.25, 0.3) is 11.0 Å². The largest absolute Gasteiger partial charge is 0.327 e. The maximum Gasteiger partial charge on any atom is 0.271 e. The predicted octanol–water partition coefficient (Wildman–Crippen LogP) is 4.76. The van der Waals surface area contributed by atoms with Gasteiger partial charge in [0.25, 0.3) is 5.91 Å². The lowest BCUT2D eigenvalue weighted by Gasteiger charge is -2.36. The second-order valence-corrected chi connectivity index (χ2v) is 7.50. The van der Waals surface area contributed by atoms with E-state index in [0.717, 1.165) is 26.7 Å². The molecule has 2 heterocycles. The monoisotopic (exact) mass is 372 g/mol. The Morgan fingerprint density at radius 1 is 0.889 bits per heavy atom. The summed E-state index contributed by atoms with van der Waals surface area (Å²) in [7, 11) is 0. The van der Waals surface area contributed by atoms with E-state index in [0.29, 0.717) is 5.52 Å². The molecule has 132 valence electrons. The van der Waals surface area contributed by atoms with Crippen molar-refractivity contribution in [1.82, 2.24) is 15.0 Å². The fraction of sp³-hybridized carbons (Fsp3) is 0.0952. The van der Waals surface area contributed by atoms with Gasteiger partial charge in [0, 0.05) is 9.79 Å². The SMILES string of the molecule is CC(C(=O)n1nnc2ccccc21)N1c2ccccc2Sc2ccccc21.